The van der Waals surface area contributed by atoms with E-state index in [1.807, 2.05) is 0 Å². The molecular formula is C10H14O3. The van der Waals surface area contributed by atoms with E-state index < -0.39 is 18.3 Å². The van der Waals surface area contributed by atoms with Crippen LogP contribution in [0.5, 0.6) is 0 Å². The van der Waals surface area contributed by atoms with Gasteiger partial charge in [0.25, 0.3) is 0 Å². The first kappa shape index (κ1) is 10.2. The molecule has 3 atom stereocenters. The fraction of sp³-hybridized carbons (Fsp3) is 0.400. The molecule has 0 saturated heterocycles. The van der Waals surface area contributed by atoms with Crippen molar-refractivity contribution < 1.29 is 15.3 Å². The third kappa shape index (κ3) is 2.06. The zero-order chi connectivity index (χ0) is 10.0. The summed E-state index contributed by atoms with van der Waals surface area (Å²) in [4.78, 5) is 0. The van der Waals surface area contributed by atoms with Gasteiger partial charge in [0.1, 0.15) is 12.2 Å². The summed E-state index contributed by atoms with van der Waals surface area (Å²) in [6.07, 6.45) is 1.83. The molecule has 1 aliphatic rings. The summed E-state index contributed by atoms with van der Waals surface area (Å²) in [6.45, 7) is 5.25. The third-order valence-electron chi connectivity index (χ3n) is 2.04. The van der Waals surface area contributed by atoms with Crippen LogP contribution in [-0.4, -0.2) is 33.6 Å². The topological polar surface area (TPSA) is 60.7 Å². The number of rotatable bonds is 2. The second kappa shape index (κ2) is 3.87. The van der Waals surface area contributed by atoms with Gasteiger partial charge in [0.05, 0.1) is 6.10 Å². The van der Waals surface area contributed by atoms with Crippen molar-refractivity contribution in [3.8, 4) is 0 Å². The first-order chi connectivity index (χ1) is 6.04. The largest absolute Gasteiger partial charge is 0.386 e. The van der Waals surface area contributed by atoms with E-state index in [0.29, 0.717) is 11.1 Å². The second-order valence-corrected chi connectivity index (χ2v) is 3.24. The van der Waals surface area contributed by atoms with Crippen LogP contribution in [0.2, 0.25) is 0 Å². The van der Waals surface area contributed by atoms with Crippen molar-refractivity contribution >= 4 is 0 Å². The summed E-state index contributed by atoms with van der Waals surface area (Å²) in [5.74, 6) is 0. The second-order valence-electron chi connectivity index (χ2n) is 3.24. The zero-order valence-electron chi connectivity index (χ0n) is 7.51. The van der Waals surface area contributed by atoms with E-state index in [4.69, 9.17) is 0 Å². The van der Waals surface area contributed by atoms with E-state index in [2.05, 4.69) is 6.58 Å². The summed E-state index contributed by atoms with van der Waals surface area (Å²) in [6, 6.07) is 0. The van der Waals surface area contributed by atoms with Gasteiger partial charge in [0.2, 0.25) is 0 Å². The molecule has 13 heavy (non-hydrogen) atoms. The minimum atomic E-state index is -1.03. The fourth-order valence-corrected chi connectivity index (χ4v) is 1.22. The van der Waals surface area contributed by atoms with Crippen molar-refractivity contribution in [2.75, 3.05) is 0 Å². The minimum absolute atomic E-state index is 0.391. The Bertz CT molecular complexity index is 265. The number of aliphatic hydroxyl groups excluding tert-OH is 3. The van der Waals surface area contributed by atoms with Gasteiger partial charge < -0.3 is 15.3 Å². The normalized spacial score (nSPS) is 29.7. The molecule has 0 saturated carbocycles. The highest BCUT2D eigenvalue weighted by atomic mass is 16.3. The predicted molar refractivity (Wildman–Crippen MR) is 50.1 cm³/mol. The lowest BCUT2D eigenvalue weighted by molar-refractivity contribution is 0.0560. The fourth-order valence-electron chi connectivity index (χ4n) is 1.22. The van der Waals surface area contributed by atoms with Gasteiger partial charge in [-0.2, -0.15) is 0 Å². The molecule has 1 rings (SSSR count). The van der Waals surface area contributed by atoms with E-state index in [0.717, 1.165) is 0 Å². The number of allylic oxidation sites excluding steroid dienone is 2. The van der Waals surface area contributed by atoms with Gasteiger partial charge in [0, 0.05) is 0 Å². The molecule has 0 spiro atoms. The third-order valence-corrected chi connectivity index (χ3v) is 2.04. The maximum absolute atomic E-state index is 9.57. The highest BCUT2D eigenvalue weighted by Gasteiger charge is 2.25. The van der Waals surface area contributed by atoms with Crippen molar-refractivity contribution in [1.82, 2.24) is 0 Å². The first-order valence-electron chi connectivity index (χ1n) is 4.12. The molecule has 3 nitrogen and oxygen atoms in total. The molecule has 0 aliphatic heterocycles. The van der Waals surface area contributed by atoms with Gasteiger partial charge >= 0.3 is 0 Å². The minimum Gasteiger partial charge on any atom is -0.386 e. The maximum atomic E-state index is 9.57. The Hall–Kier alpha value is -0.900. The first-order valence-corrected chi connectivity index (χ1v) is 4.12. The molecule has 3 heteroatoms. The quantitative estimate of drug-likeness (QED) is 0.532. The monoisotopic (exact) mass is 182 g/mol. The van der Waals surface area contributed by atoms with E-state index in [1.54, 1.807) is 19.1 Å². The summed E-state index contributed by atoms with van der Waals surface area (Å²) in [7, 11) is 0. The van der Waals surface area contributed by atoms with Crippen LogP contribution in [0.1, 0.15) is 6.92 Å². The van der Waals surface area contributed by atoms with E-state index >= 15 is 0 Å². The van der Waals surface area contributed by atoms with Crippen LogP contribution in [0.25, 0.3) is 0 Å². The van der Waals surface area contributed by atoms with Crippen LogP contribution in [0.15, 0.2) is 36.0 Å². The number of hydrogen-bond donors (Lipinski definition) is 3. The van der Waals surface area contributed by atoms with Crippen molar-refractivity contribution in [3.63, 3.8) is 0 Å². The average Bonchev–Trinajstić information content (AvgIpc) is 2.08. The van der Waals surface area contributed by atoms with Crippen molar-refractivity contribution in [2.45, 2.75) is 25.2 Å². The molecule has 0 aromatic rings. The van der Waals surface area contributed by atoms with Gasteiger partial charge in [-0.3, -0.25) is 0 Å². The highest BCUT2D eigenvalue weighted by molar-refractivity contribution is 5.32. The smallest absolute Gasteiger partial charge is 0.108 e. The average molecular weight is 182 g/mol. The van der Waals surface area contributed by atoms with Crippen molar-refractivity contribution in [3.05, 3.63) is 36.0 Å². The summed E-state index contributed by atoms with van der Waals surface area (Å²) in [5, 5.41) is 28.3. The lowest BCUT2D eigenvalue weighted by Gasteiger charge is -2.25. The van der Waals surface area contributed by atoms with Gasteiger partial charge in [-0.25, -0.2) is 0 Å². The number of aliphatic hydroxyl groups is 3. The van der Waals surface area contributed by atoms with Gasteiger partial charge in [-0.05, 0) is 18.1 Å². The molecule has 0 amide bonds. The standard InChI is InChI=1S/C10H14O3/c1-6(2)9(12)7-4-3-5-8(11)10(7)13/h3-5,8-13H,1H2,2H3/t8-,9+,10+/m0/s1. The Morgan fingerprint density at radius 2 is 2.15 bits per heavy atom. The van der Waals surface area contributed by atoms with E-state index in [9.17, 15) is 15.3 Å². The van der Waals surface area contributed by atoms with Crippen LogP contribution >= 0.6 is 0 Å². The molecule has 0 aromatic carbocycles. The van der Waals surface area contributed by atoms with Crippen molar-refractivity contribution in [2.24, 2.45) is 0 Å². The molecule has 0 fully saturated rings. The number of hydrogen-bond acceptors (Lipinski definition) is 3. The molecule has 1 aliphatic carbocycles. The van der Waals surface area contributed by atoms with Crippen LogP contribution in [0, 0.1) is 0 Å². The van der Waals surface area contributed by atoms with Gasteiger partial charge in [-0.15, -0.1) is 0 Å². The molecule has 72 valence electrons. The summed E-state index contributed by atoms with van der Waals surface area (Å²) in [5.41, 5.74) is 0.940. The Morgan fingerprint density at radius 1 is 1.54 bits per heavy atom. The SMILES string of the molecule is C=C(C)[C@@H](O)C1=CC=C[C@H](O)[C@@H]1O. The zero-order valence-corrected chi connectivity index (χ0v) is 7.51. The lowest BCUT2D eigenvalue weighted by atomic mass is 9.92. The van der Waals surface area contributed by atoms with Gasteiger partial charge in [0.15, 0.2) is 0 Å². The molecule has 3 N–H and O–H groups in total. The molecular weight excluding hydrogens is 168 g/mol. The molecule has 0 bridgehead atoms. The summed E-state index contributed by atoms with van der Waals surface area (Å²) >= 11 is 0. The van der Waals surface area contributed by atoms with Gasteiger partial charge in [-0.1, -0.05) is 24.8 Å². The van der Waals surface area contributed by atoms with Crippen LogP contribution in [-0.2, 0) is 0 Å². The highest BCUT2D eigenvalue weighted by Crippen LogP contribution is 2.20. The van der Waals surface area contributed by atoms with Crippen LogP contribution in [0.3, 0.4) is 0 Å². The van der Waals surface area contributed by atoms with E-state index in [1.165, 1.54) is 6.08 Å². The predicted octanol–water partition coefficient (Wildman–Crippen LogP) is 0.141. The Labute approximate surface area is 77.3 Å². The van der Waals surface area contributed by atoms with Crippen LogP contribution < -0.4 is 0 Å². The molecule has 0 radical (unpaired) electrons. The molecule has 0 heterocycles. The van der Waals surface area contributed by atoms with Crippen molar-refractivity contribution in [1.29, 1.82) is 0 Å². The lowest BCUT2D eigenvalue weighted by Crippen LogP contribution is -2.33. The Morgan fingerprint density at radius 3 is 2.69 bits per heavy atom. The Balaban J connectivity index is 2.85. The molecule has 0 unspecified atom stereocenters. The Kier molecular flexibility index (Phi) is 3.03. The maximum Gasteiger partial charge on any atom is 0.108 e. The van der Waals surface area contributed by atoms with E-state index in [-0.39, 0.29) is 0 Å². The summed E-state index contributed by atoms with van der Waals surface area (Å²) < 4.78 is 0. The van der Waals surface area contributed by atoms with Crippen LogP contribution in [0.4, 0.5) is 0 Å². The molecule has 0 aromatic heterocycles.